The Kier molecular flexibility index (Phi) is 4.79. The lowest BCUT2D eigenvalue weighted by atomic mass is 9.98. The topological polar surface area (TPSA) is 101 Å². The second-order valence-corrected chi connectivity index (χ2v) is 7.00. The molecule has 1 aliphatic rings. The van der Waals surface area contributed by atoms with Crippen molar-refractivity contribution in [1.82, 2.24) is 9.97 Å². The summed E-state index contributed by atoms with van der Waals surface area (Å²) in [5, 5.41) is 11.5. The van der Waals surface area contributed by atoms with Gasteiger partial charge in [0.25, 0.3) is 0 Å². The number of carboxylic acid groups (broad SMARTS) is 1. The SMILES string of the molecule is O=C(Nc1ncc(Br)c(C(=O)O)n1)OCC1c2ccccc2-c2ccccc21. The summed E-state index contributed by atoms with van der Waals surface area (Å²) in [7, 11) is 0. The van der Waals surface area contributed by atoms with E-state index in [0.717, 1.165) is 22.3 Å². The molecule has 0 fully saturated rings. The van der Waals surface area contributed by atoms with Crippen molar-refractivity contribution in [1.29, 1.82) is 0 Å². The van der Waals surface area contributed by atoms with Crippen molar-refractivity contribution in [3.63, 3.8) is 0 Å². The fourth-order valence-corrected chi connectivity index (χ4v) is 3.66. The molecule has 0 spiro atoms. The van der Waals surface area contributed by atoms with Crippen molar-refractivity contribution in [3.05, 3.63) is 76.0 Å². The standard InChI is InChI=1S/C20H14BrN3O4/c21-16-9-22-19(23-17(16)18(25)26)24-20(27)28-10-15-13-7-3-1-5-11(13)12-6-2-4-8-14(12)15/h1-9,15H,10H2,(H,25,26)(H,22,23,24,27). The second kappa shape index (κ2) is 7.40. The smallest absolute Gasteiger partial charge is 0.414 e. The third-order valence-electron chi connectivity index (χ3n) is 4.50. The van der Waals surface area contributed by atoms with Crippen molar-refractivity contribution < 1.29 is 19.4 Å². The largest absolute Gasteiger partial charge is 0.476 e. The number of hydrogen-bond donors (Lipinski definition) is 2. The number of rotatable bonds is 4. The van der Waals surface area contributed by atoms with Crippen molar-refractivity contribution >= 4 is 33.9 Å². The Hall–Kier alpha value is -3.26. The van der Waals surface area contributed by atoms with Gasteiger partial charge in [0.2, 0.25) is 5.95 Å². The Bertz CT molecular complexity index is 1040. The summed E-state index contributed by atoms with van der Waals surface area (Å²) in [6.45, 7) is 0.141. The Morgan fingerprint density at radius 3 is 2.29 bits per heavy atom. The molecule has 7 nitrogen and oxygen atoms in total. The number of amides is 1. The lowest BCUT2D eigenvalue weighted by Crippen LogP contribution is -2.20. The minimum absolute atomic E-state index is 0.0708. The molecule has 1 heterocycles. The maximum Gasteiger partial charge on any atom is 0.414 e. The number of aromatic carboxylic acids is 1. The van der Waals surface area contributed by atoms with Crippen LogP contribution in [0, 0.1) is 0 Å². The van der Waals surface area contributed by atoms with Crippen LogP contribution in [-0.2, 0) is 4.74 Å². The molecule has 2 N–H and O–H groups in total. The van der Waals surface area contributed by atoms with E-state index < -0.39 is 12.1 Å². The van der Waals surface area contributed by atoms with Gasteiger partial charge < -0.3 is 9.84 Å². The van der Waals surface area contributed by atoms with Crippen LogP contribution in [0.25, 0.3) is 11.1 Å². The van der Waals surface area contributed by atoms with Crippen molar-refractivity contribution in [2.45, 2.75) is 5.92 Å². The Balaban J connectivity index is 1.49. The number of hydrogen-bond acceptors (Lipinski definition) is 5. The number of aromatic nitrogens is 2. The van der Waals surface area contributed by atoms with Gasteiger partial charge in [0.1, 0.15) is 6.61 Å². The lowest BCUT2D eigenvalue weighted by molar-refractivity contribution is 0.0689. The Labute approximate surface area is 168 Å². The summed E-state index contributed by atoms with van der Waals surface area (Å²) in [5.74, 6) is -1.44. The number of nitrogens with one attached hydrogen (secondary N) is 1. The molecule has 0 saturated carbocycles. The number of carboxylic acids is 1. The number of fused-ring (bicyclic) bond motifs is 3. The van der Waals surface area contributed by atoms with Gasteiger partial charge in [-0.25, -0.2) is 19.6 Å². The monoisotopic (exact) mass is 439 g/mol. The fraction of sp³-hybridized carbons (Fsp3) is 0.100. The fourth-order valence-electron chi connectivity index (χ4n) is 3.30. The van der Waals surface area contributed by atoms with E-state index in [-0.39, 0.29) is 28.6 Å². The summed E-state index contributed by atoms with van der Waals surface area (Å²) in [6, 6.07) is 16.0. The van der Waals surface area contributed by atoms with Crippen LogP contribution in [0.15, 0.2) is 59.2 Å². The maximum absolute atomic E-state index is 12.2. The number of anilines is 1. The van der Waals surface area contributed by atoms with Crippen LogP contribution >= 0.6 is 15.9 Å². The first kappa shape index (κ1) is 18.1. The maximum atomic E-state index is 12.2. The molecule has 1 aromatic heterocycles. The lowest BCUT2D eigenvalue weighted by Gasteiger charge is -2.14. The molecule has 0 aliphatic heterocycles. The third kappa shape index (κ3) is 3.34. The van der Waals surface area contributed by atoms with Gasteiger partial charge >= 0.3 is 12.1 Å². The highest BCUT2D eigenvalue weighted by Gasteiger charge is 2.29. The molecule has 4 rings (SSSR count). The summed E-state index contributed by atoms with van der Waals surface area (Å²) in [4.78, 5) is 31.0. The average molecular weight is 440 g/mol. The van der Waals surface area contributed by atoms with E-state index >= 15 is 0 Å². The first-order valence-electron chi connectivity index (χ1n) is 8.42. The molecule has 0 atom stereocenters. The van der Waals surface area contributed by atoms with Crippen LogP contribution in [0.4, 0.5) is 10.7 Å². The van der Waals surface area contributed by atoms with Gasteiger partial charge in [0.05, 0.1) is 4.47 Å². The van der Waals surface area contributed by atoms with Gasteiger partial charge in [0, 0.05) is 12.1 Å². The predicted molar refractivity (Wildman–Crippen MR) is 105 cm³/mol. The van der Waals surface area contributed by atoms with E-state index in [2.05, 4.69) is 43.3 Å². The molecule has 1 aliphatic carbocycles. The van der Waals surface area contributed by atoms with E-state index in [9.17, 15) is 9.59 Å². The molecule has 0 radical (unpaired) electrons. The first-order valence-corrected chi connectivity index (χ1v) is 9.21. The number of benzene rings is 2. The summed E-state index contributed by atoms with van der Waals surface area (Å²) in [6.07, 6.45) is 0.510. The molecule has 140 valence electrons. The third-order valence-corrected chi connectivity index (χ3v) is 5.08. The van der Waals surface area contributed by atoms with E-state index in [0.29, 0.717) is 0 Å². The summed E-state index contributed by atoms with van der Waals surface area (Å²) < 4.78 is 5.61. The Morgan fingerprint density at radius 1 is 1.07 bits per heavy atom. The molecule has 8 heteroatoms. The summed E-state index contributed by atoms with van der Waals surface area (Å²) in [5.41, 5.74) is 4.22. The molecule has 1 amide bonds. The first-order chi connectivity index (χ1) is 13.5. The van der Waals surface area contributed by atoms with Crippen molar-refractivity contribution in [3.8, 4) is 11.1 Å². The van der Waals surface area contributed by atoms with E-state index in [1.165, 1.54) is 6.20 Å². The van der Waals surface area contributed by atoms with E-state index in [1.807, 2.05) is 36.4 Å². The highest BCUT2D eigenvalue weighted by atomic mass is 79.9. The van der Waals surface area contributed by atoms with Gasteiger partial charge in [-0.05, 0) is 38.2 Å². The quantitative estimate of drug-likeness (QED) is 0.628. The van der Waals surface area contributed by atoms with Gasteiger partial charge in [0.15, 0.2) is 5.69 Å². The number of ether oxygens (including phenoxy) is 1. The molecular weight excluding hydrogens is 426 g/mol. The van der Waals surface area contributed by atoms with Crippen LogP contribution in [0.1, 0.15) is 27.5 Å². The van der Waals surface area contributed by atoms with Crippen LogP contribution in [0.2, 0.25) is 0 Å². The zero-order valence-corrected chi connectivity index (χ0v) is 16.0. The van der Waals surface area contributed by atoms with E-state index in [1.54, 1.807) is 0 Å². The second-order valence-electron chi connectivity index (χ2n) is 6.15. The van der Waals surface area contributed by atoms with Gasteiger partial charge in [-0.15, -0.1) is 0 Å². The van der Waals surface area contributed by atoms with Gasteiger partial charge in [-0.2, -0.15) is 0 Å². The molecule has 3 aromatic rings. The highest BCUT2D eigenvalue weighted by Crippen LogP contribution is 2.44. The molecular formula is C20H14BrN3O4. The predicted octanol–water partition coefficient (Wildman–Crippen LogP) is 4.30. The molecule has 28 heavy (non-hydrogen) atoms. The Morgan fingerprint density at radius 2 is 1.68 bits per heavy atom. The molecule has 0 saturated heterocycles. The van der Waals surface area contributed by atoms with Crippen LogP contribution in [-0.4, -0.2) is 33.7 Å². The molecule has 0 bridgehead atoms. The molecule has 0 unspecified atom stereocenters. The number of halogens is 1. The number of carbonyl (C=O) groups is 2. The van der Waals surface area contributed by atoms with Crippen LogP contribution in [0.3, 0.4) is 0 Å². The van der Waals surface area contributed by atoms with Crippen LogP contribution < -0.4 is 5.32 Å². The minimum atomic E-state index is -1.23. The number of carbonyl (C=O) groups excluding carboxylic acids is 1. The van der Waals surface area contributed by atoms with Crippen molar-refractivity contribution in [2.75, 3.05) is 11.9 Å². The molecule has 2 aromatic carbocycles. The normalized spacial score (nSPS) is 12.2. The van der Waals surface area contributed by atoms with E-state index in [4.69, 9.17) is 9.84 Å². The van der Waals surface area contributed by atoms with Gasteiger partial charge in [-0.1, -0.05) is 48.5 Å². The number of nitrogens with zero attached hydrogens (tertiary/aromatic N) is 2. The minimum Gasteiger partial charge on any atom is -0.476 e. The summed E-state index contributed by atoms with van der Waals surface area (Å²) >= 11 is 3.05. The highest BCUT2D eigenvalue weighted by molar-refractivity contribution is 9.10. The zero-order valence-electron chi connectivity index (χ0n) is 14.4. The van der Waals surface area contributed by atoms with Crippen LogP contribution in [0.5, 0.6) is 0 Å². The van der Waals surface area contributed by atoms with Crippen molar-refractivity contribution in [2.24, 2.45) is 0 Å². The average Bonchev–Trinajstić information content (AvgIpc) is 3.01. The zero-order chi connectivity index (χ0) is 19.7. The van der Waals surface area contributed by atoms with Gasteiger partial charge in [-0.3, -0.25) is 5.32 Å².